The van der Waals surface area contributed by atoms with E-state index in [4.69, 9.17) is 4.74 Å². The van der Waals surface area contributed by atoms with Crippen molar-refractivity contribution < 1.29 is 27.4 Å². The maximum absolute atomic E-state index is 13.2. The summed E-state index contributed by atoms with van der Waals surface area (Å²) in [6.07, 6.45) is -1.07. The van der Waals surface area contributed by atoms with Crippen molar-refractivity contribution in [1.29, 1.82) is 0 Å². The molecule has 2 amide bonds. The summed E-state index contributed by atoms with van der Waals surface area (Å²) in [5.41, 5.74) is 0.267. The zero-order valence-electron chi connectivity index (χ0n) is 18.8. The first-order valence-corrected chi connectivity index (χ1v) is 11.2. The number of pyridine rings is 2. The molecule has 0 bridgehead atoms. The van der Waals surface area contributed by atoms with Gasteiger partial charge in [0.15, 0.2) is 24.3 Å². The van der Waals surface area contributed by atoms with E-state index < -0.39 is 17.9 Å². The van der Waals surface area contributed by atoms with E-state index in [0.717, 1.165) is 16.7 Å². The van der Waals surface area contributed by atoms with Gasteiger partial charge in [0.25, 0.3) is 0 Å². The van der Waals surface area contributed by atoms with Crippen molar-refractivity contribution in [3.05, 3.63) is 52.6 Å². The number of hydrazone groups is 1. The second-order valence-corrected chi connectivity index (χ2v) is 8.36. The standard InChI is InChI=1S/C21H20F3N7O3S/c1-4-25-20(32)28-17-6-14(19-27-16(10-35-19)21(22,23)24)15(7-26-17)12-5-13(9-31(33)8-12)18-29-30(3)11(2)34-18/h5-11H,4H2,1-3H3,(H2,25,26,28,32). The van der Waals surface area contributed by atoms with Crippen LogP contribution in [-0.4, -0.2) is 46.7 Å². The Kier molecular flexibility index (Phi) is 6.47. The highest BCUT2D eigenvalue weighted by atomic mass is 32.1. The van der Waals surface area contributed by atoms with E-state index in [-0.39, 0.29) is 28.5 Å². The van der Waals surface area contributed by atoms with Gasteiger partial charge in [-0.25, -0.2) is 14.8 Å². The van der Waals surface area contributed by atoms with Crippen LogP contribution in [0.25, 0.3) is 21.7 Å². The molecule has 2 N–H and O–H groups in total. The van der Waals surface area contributed by atoms with Gasteiger partial charge in [0.05, 0.1) is 5.56 Å². The van der Waals surface area contributed by atoms with Crippen LogP contribution in [0.2, 0.25) is 0 Å². The highest BCUT2D eigenvalue weighted by molar-refractivity contribution is 7.13. The second-order valence-electron chi connectivity index (χ2n) is 7.50. The molecule has 0 saturated heterocycles. The van der Waals surface area contributed by atoms with E-state index in [2.05, 4.69) is 25.7 Å². The highest BCUT2D eigenvalue weighted by Crippen LogP contribution is 2.38. The fraction of sp³-hybridized carbons (Fsp3) is 0.286. The largest absolute Gasteiger partial charge is 0.619 e. The number of amides is 2. The number of aromatic nitrogens is 3. The zero-order chi connectivity index (χ0) is 25.3. The number of carbonyl (C=O) groups excluding carboxylic acids is 1. The van der Waals surface area contributed by atoms with Crippen molar-refractivity contribution in [2.24, 2.45) is 5.10 Å². The third-order valence-electron chi connectivity index (χ3n) is 4.97. The van der Waals surface area contributed by atoms with Gasteiger partial charge in [0.2, 0.25) is 5.90 Å². The average Bonchev–Trinajstić information content (AvgIpc) is 3.41. The third-order valence-corrected chi connectivity index (χ3v) is 5.84. The van der Waals surface area contributed by atoms with Crippen LogP contribution in [0.5, 0.6) is 0 Å². The molecule has 1 aliphatic rings. The number of halogens is 3. The lowest BCUT2D eigenvalue weighted by Crippen LogP contribution is -2.28. The van der Waals surface area contributed by atoms with Crippen LogP contribution in [-0.2, 0) is 10.9 Å². The van der Waals surface area contributed by atoms with Crippen LogP contribution in [0.1, 0.15) is 25.1 Å². The molecular weight excluding hydrogens is 487 g/mol. The SMILES string of the molecule is CCNC(=O)Nc1cc(-c2nc(C(F)(F)F)cs2)c(-c2cc(C3=NN(C)C(C)O3)c[n+]([O-])c2)cn1. The number of nitrogens with one attached hydrogen (secondary N) is 2. The maximum atomic E-state index is 13.2. The topological polar surface area (TPSA) is 119 Å². The monoisotopic (exact) mass is 507 g/mol. The van der Waals surface area contributed by atoms with Crippen molar-refractivity contribution >= 4 is 29.1 Å². The fourth-order valence-electron chi connectivity index (χ4n) is 3.21. The number of rotatable bonds is 5. The van der Waals surface area contributed by atoms with E-state index in [1.807, 2.05) is 0 Å². The van der Waals surface area contributed by atoms with Crippen molar-refractivity contribution in [1.82, 2.24) is 20.3 Å². The lowest BCUT2D eigenvalue weighted by molar-refractivity contribution is -0.604. The Hall–Kier alpha value is -3.94. The quantitative estimate of drug-likeness (QED) is 0.402. The third kappa shape index (κ3) is 5.26. The van der Waals surface area contributed by atoms with E-state index in [0.29, 0.717) is 28.0 Å². The van der Waals surface area contributed by atoms with Gasteiger partial charge >= 0.3 is 12.2 Å². The number of urea groups is 1. The average molecular weight is 507 g/mol. The molecule has 184 valence electrons. The second kappa shape index (κ2) is 9.37. The first-order valence-electron chi connectivity index (χ1n) is 10.4. The highest BCUT2D eigenvalue weighted by Gasteiger charge is 2.34. The summed E-state index contributed by atoms with van der Waals surface area (Å²) in [6.45, 7) is 3.89. The van der Waals surface area contributed by atoms with Crippen LogP contribution in [0.4, 0.5) is 23.8 Å². The molecular formula is C21H20F3N7O3S. The Bertz CT molecular complexity index is 1300. The minimum absolute atomic E-state index is 0.0411. The number of nitrogens with zero attached hydrogens (tertiary/aromatic N) is 5. The molecule has 1 aliphatic heterocycles. The maximum Gasteiger partial charge on any atom is 0.434 e. The number of hydrogen-bond donors (Lipinski definition) is 2. The molecule has 10 nitrogen and oxygen atoms in total. The zero-order valence-corrected chi connectivity index (χ0v) is 19.6. The minimum Gasteiger partial charge on any atom is -0.619 e. The number of carbonyl (C=O) groups is 1. The fourth-order valence-corrected chi connectivity index (χ4v) is 4.07. The smallest absolute Gasteiger partial charge is 0.434 e. The van der Waals surface area contributed by atoms with Gasteiger partial charge < -0.3 is 15.3 Å². The van der Waals surface area contributed by atoms with Crippen molar-refractivity contribution in [2.45, 2.75) is 26.3 Å². The van der Waals surface area contributed by atoms with Crippen molar-refractivity contribution in [3.8, 4) is 21.7 Å². The lowest BCUT2D eigenvalue weighted by atomic mass is 10.0. The summed E-state index contributed by atoms with van der Waals surface area (Å²) < 4.78 is 45.8. The molecule has 0 fully saturated rings. The van der Waals surface area contributed by atoms with Gasteiger partial charge in [-0.15, -0.1) is 16.4 Å². The molecule has 0 aliphatic carbocycles. The number of alkyl halides is 3. The summed E-state index contributed by atoms with van der Waals surface area (Å²) in [6, 6.07) is 2.50. The Labute approximate surface area is 201 Å². The molecule has 4 rings (SSSR count). The van der Waals surface area contributed by atoms with Crippen LogP contribution in [0.15, 0.2) is 41.2 Å². The first kappa shape index (κ1) is 24.2. The Balaban J connectivity index is 1.82. The Morgan fingerprint density at radius 3 is 2.66 bits per heavy atom. The van der Waals surface area contributed by atoms with Gasteiger partial charge in [-0.3, -0.25) is 10.3 Å². The van der Waals surface area contributed by atoms with Crippen molar-refractivity contribution in [2.75, 3.05) is 18.9 Å². The molecule has 1 unspecified atom stereocenters. The van der Waals surface area contributed by atoms with Gasteiger partial charge in [-0.2, -0.15) is 17.9 Å². The predicted octanol–water partition coefficient (Wildman–Crippen LogP) is 3.64. The summed E-state index contributed by atoms with van der Waals surface area (Å²) in [5.74, 6) is 0.327. The van der Waals surface area contributed by atoms with E-state index in [9.17, 15) is 23.2 Å². The van der Waals surface area contributed by atoms with Crippen LogP contribution < -0.4 is 15.4 Å². The van der Waals surface area contributed by atoms with Gasteiger partial charge in [-0.1, -0.05) is 0 Å². The first-order chi connectivity index (χ1) is 16.5. The van der Waals surface area contributed by atoms with Gasteiger partial charge in [0, 0.05) is 36.3 Å². The summed E-state index contributed by atoms with van der Waals surface area (Å²) in [7, 11) is 1.72. The Morgan fingerprint density at radius 2 is 2.03 bits per heavy atom. The number of anilines is 1. The molecule has 14 heteroatoms. The lowest BCUT2D eigenvalue weighted by Gasteiger charge is -2.12. The van der Waals surface area contributed by atoms with E-state index in [1.54, 1.807) is 32.0 Å². The Morgan fingerprint density at radius 1 is 1.29 bits per heavy atom. The number of hydrogen-bond acceptors (Lipinski definition) is 8. The van der Waals surface area contributed by atoms with Crippen LogP contribution in [0, 0.1) is 5.21 Å². The molecule has 0 aromatic carbocycles. The summed E-state index contributed by atoms with van der Waals surface area (Å²) in [4.78, 5) is 19.9. The van der Waals surface area contributed by atoms with Gasteiger partial charge in [0.1, 0.15) is 16.4 Å². The van der Waals surface area contributed by atoms with E-state index >= 15 is 0 Å². The predicted molar refractivity (Wildman–Crippen MR) is 122 cm³/mol. The molecule has 3 aromatic rings. The summed E-state index contributed by atoms with van der Waals surface area (Å²) in [5, 5.41) is 24.3. The molecule has 35 heavy (non-hydrogen) atoms. The normalized spacial score (nSPS) is 15.5. The molecule has 4 heterocycles. The minimum atomic E-state index is -4.62. The van der Waals surface area contributed by atoms with Crippen LogP contribution >= 0.6 is 11.3 Å². The van der Waals surface area contributed by atoms with Crippen LogP contribution in [0.3, 0.4) is 0 Å². The number of thiazole rings is 1. The van der Waals surface area contributed by atoms with Crippen molar-refractivity contribution in [3.63, 3.8) is 0 Å². The molecule has 0 radical (unpaired) electrons. The molecule has 0 spiro atoms. The number of ether oxygens (including phenoxy) is 1. The van der Waals surface area contributed by atoms with Gasteiger partial charge in [-0.05, 0) is 26.0 Å². The molecule has 1 atom stereocenters. The molecule has 0 saturated carbocycles. The van der Waals surface area contributed by atoms with E-state index in [1.165, 1.54) is 24.7 Å². The molecule has 3 aromatic heterocycles. The summed E-state index contributed by atoms with van der Waals surface area (Å²) >= 11 is 0.783.